The summed E-state index contributed by atoms with van der Waals surface area (Å²) in [4.78, 5) is 31.1. The van der Waals surface area contributed by atoms with E-state index in [0.29, 0.717) is 29.7 Å². The van der Waals surface area contributed by atoms with E-state index in [4.69, 9.17) is 16.3 Å². The number of amides is 1. The molecule has 1 fully saturated rings. The molecule has 0 aliphatic carbocycles. The fourth-order valence-electron chi connectivity index (χ4n) is 4.16. The first-order valence-electron chi connectivity index (χ1n) is 11.2. The minimum atomic E-state index is -3.12. The van der Waals surface area contributed by atoms with Crippen molar-refractivity contribution in [2.24, 2.45) is 0 Å². The van der Waals surface area contributed by atoms with Gasteiger partial charge in [-0.05, 0) is 37.1 Å². The number of nitrogens with zero attached hydrogens (tertiary/aromatic N) is 3. The third kappa shape index (κ3) is 6.36. The molecule has 1 amide bonds. The number of fused-ring (bicyclic) bond motifs is 1. The van der Waals surface area contributed by atoms with Crippen molar-refractivity contribution in [2.45, 2.75) is 31.1 Å². The topological polar surface area (TPSA) is 98.6 Å². The van der Waals surface area contributed by atoms with E-state index in [2.05, 4.69) is 4.98 Å². The van der Waals surface area contributed by atoms with Gasteiger partial charge in [0.25, 0.3) is 5.91 Å². The highest BCUT2D eigenvalue weighted by Crippen LogP contribution is 2.27. The number of halogens is 1. The molecular weight excluding hydrogens is 510 g/mol. The molecule has 1 aliphatic heterocycles. The zero-order valence-corrected chi connectivity index (χ0v) is 21.6. The summed E-state index contributed by atoms with van der Waals surface area (Å²) < 4.78 is 30.7. The Kier molecular flexibility index (Phi) is 8.03. The van der Waals surface area contributed by atoms with Crippen molar-refractivity contribution >= 4 is 56.1 Å². The van der Waals surface area contributed by atoms with Gasteiger partial charge in [0.05, 0.1) is 34.8 Å². The normalized spacial score (nSPS) is 16.9. The summed E-state index contributed by atoms with van der Waals surface area (Å²) in [5, 5.41) is 1.22. The molecule has 0 saturated carbocycles. The second-order valence-corrected chi connectivity index (χ2v) is 11.9. The number of aromatic nitrogens is 2. The summed E-state index contributed by atoms with van der Waals surface area (Å²) in [5.41, 5.74) is 2.71. The first-order chi connectivity index (χ1) is 16.8. The van der Waals surface area contributed by atoms with Gasteiger partial charge >= 0.3 is 5.97 Å². The number of ether oxygens (including phenoxy) is 1. The van der Waals surface area contributed by atoms with E-state index in [0.717, 1.165) is 16.6 Å². The van der Waals surface area contributed by atoms with Gasteiger partial charge in [0.15, 0.2) is 21.6 Å². The van der Waals surface area contributed by atoms with Crippen LogP contribution in [0.2, 0.25) is 5.02 Å². The lowest BCUT2D eigenvalue weighted by Crippen LogP contribution is -2.43. The third-order valence-electron chi connectivity index (χ3n) is 5.84. The molecule has 3 aromatic rings. The van der Waals surface area contributed by atoms with Crippen LogP contribution in [-0.2, 0) is 30.7 Å². The quantitative estimate of drug-likeness (QED) is 0.306. The summed E-state index contributed by atoms with van der Waals surface area (Å²) >= 11 is 7.37. The van der Waals surface area contributed by atoms with Crippen molar-refractivity contribution in [2.75, 3.05) is 30.4 Å². The van der Waals surface area contributed by atoms with Crippen molar-refractivity contribution < 1.29 is 22.7 Å². The zero-order valence-electron chi connectivity index (χ0n) is 19.2. The van der Waals surface area contributed by atoms with E-state index in [1.54, 1.807) is 19.1 Å². The number of thioether (sulfide) groups is 1. The van der Waals surface area contributed by atoms with Crippen LogP contribution < -0.4 is 0 Å². The maximum absolute atomic E-state index is 12.6. The number of benzene rings is 2. The van der Waals surface area contributed by atoms with E-state index in [1.807, 2.05) is 41.0 Å². The van der Waals surface area contributed by atoms with Crippen LogP contribution in [-0.4, -0.2) is 71.2 Å². The monoisotopic (exact) mass is 535 g/mol. The largest absolute Gasteiger partial charge is 0.455 e. The molecule has 4 rings (SSSR count). The van der Waals surface area contributed by atoms with Crippen molar-refractivity contribution in [3.8, 4) is 0 Å². The minimum absolute atomic E-state index is 0.0247. The summed E-state index contributed by atoms with van der Waals surface area (Å²) in [5.74, 6) is -0.928. The van der Waals surface area contributed by atoms with Crippen LogP contribution in [0, 0.1) is 0 Å². The highest BCUT2D eigenvalue weighted by molar-refractivity contribution is 7.99. The predicted octanol–water partition coefficient (Wildman–Crippen LogP) is 3.41. The van der Waals surface area contributed by atoms with Crippen LogP contribution in [0.5, 0.6) is 0 Å². The maximum Gasteiger partial charge on any atom is 0.316 e. The average molecular weight is 536 g/mol. The Morgan fingerprint density at radius 2 is 2.00 bits per heavy atom. The highest BCUT2D eigenvalue weighted by atomic mass is 35.5. The molecule has 1 aromatic heterocycles. The fraction of sp³-hybridized carbons (Fsp3) is 0.375. The van der Waals surface area contributed by atoms with Crippen LogP contribution in [0.3, 0.4) is 0 Å². The summed E-state index contributed by atoms with van der Waals surface area (Å²) in [6.07, 6.45) is 0.410. The SMILES string of the molecule is CCN(C(=O)COC(=O)CSc1nc2cc(Cl)ccc2n1Cc1ccccc1)C1CCS(=O)(=O)C1. The maximum atomic E-state index is 12.6. The molecule has 11 heteroatoms. The molecule has 1 aliphatic rings. The van der Waals surface area contributed by atoms with Gasteiger partial charge in [-0.25, -0.2) is 13.4 Å². The molecule has 186 valence electrons. The second kappa shape index (κ2) is 11.0. The number of esters is 1. The molecule has 8 nitrogen and oxygen atoms in total. The van der Waals surface area contributed by atoms with E-state index in [-0.39, 0.29) is 29.2 Å². The third-order valence-corrected chi connectivity index (χ3v) is 8.78. The number of imidazole rings is 1. The van der Waals surface area contributed by atoms with Crippen LogP contribution >= 0.6 is 23.4 Å². The van der Waals surface area contributed by atoms with Gasteiger partial charge in [0.1, 0.15) is 0 Å². The van der Waals surface area contributed by atoms with Gasteiger partial charge in [0, 0.05) is 17.6 Å². The summed E-state index contributed by atoms with van der Waals surface area (Å²) in [7, 11) is -3.12. The lowest BCUT2D eigenvalue weighted by atomic mass is 10.2. The first kappa shape index (κ1) is 25.5. The minimum Gasteiger partial charge on any atom is -0.455 e. The van der Waals surface area contributed by atoms with Crippen molar-refractivity contribution in [3.63, 3.8) is 0 Å². The molecule has 0 spiro atoms. The number of hydrogen-bond donors (Lipinski definition) is 0. The Balaban J connectivity index is 1.39. The van der Waals surface area contributed by atoms with Crippen molar-refractivity contribution in [1.82, 2.24) is 14.5 Å². The standard InChI is InChI=1S/C24H26ClN3O5S2/c1-2-27(19-10-11-35(31,32)16-19)22(29)14-33-23(30)15-34-24-26-20-12-18(25)8-9-21(20)28(24)13-17-6-4-3-5-7-17/h3-9,12,19H,2,10-11,13-16H2,1H3. The first-order valence-corrected chi connectivity index (χ1v) is 14.4. The number of sulfone groups is 1. The van der Waals surface area contributed by atoms with E-state index >= 15 is 0 Å². The van der Waals surface area contributed by atoms with Crippen LogP contribution in [0.15, 0.2) is 53.7 Å². The van der Waals surface area contributed by atoms with Crippen LogP contribution in [0.1, 0.15) is 18.9 Å². The summed E-state index contributed by atoms with van der Waals surface area (Å²) in [6.45, 7) is 2.30. The van der Waals surface area contributed by atoms with Crippen molar-refractivity contribution in [1.29, 1.82) is 0 Å². The van der Waals surface area contributed by atoms with Crippen molar-refractivity contribution in [3.05, 3.63) is 59.1 Å². The lowest BCUT2D eigenvalue weighted by Gasteiger charge is -2.26. The number of carbonyl (C=O) groups is 2. The molecule has 0 radical (unpaired) electrons. The molecular formula is C24H26ClN3O5S2. The smallest absolute Gasteiger partial charge is 0.316 e. The predicted molar refractivity (Wildman–Crippen MR) is 136 cm³/mol. The Bertz CT molecular complexity index is 1330. The number of hydrogen-bond acceptors (Lipinski definition) is 7. The number of rotatable bonds is 9. The zero-order chi connectivity index (χ0) is 25.0. The fourth-order valence-corrected chi connectivity index (χ4v) is 6.87. The molecule has 0 bridgehead atoms. The number of likely N-dealkylation sites (N-methyl/N-ethyl adjacent to an activating group) is 1. The second-order valence-electron chi connectivity index (χ2n) is 8.29. The average Bonchev–Trinajstić information content (AvgIpc) is 3.36. The van der Waals surface area contributed by atoms with Gasteiger partial charge < -0.3 is 14.2 Å². The van der Waals surface area contributed by atoms with Crippen LogP contribution in [0.25, 0.3) is 11.0 Å². The van der Waals surface area contributed by atoms with Gasteiger partial charge in [0.2, 0.25) is 0 Å². The Morgan fingerprint density at radius 1 is 1.23 bits per heavy atom. The van der Waals surface area contributed by atoms with E-state index < -0.39 is 22.4 Å². The Hall–Kier alpha value is -2.56. The van der Waals surface area contributed by atoms with Crippen LogP contribution in [0.4, 0.5) is 0 Å². The molecule has 1 unspecified atom stereocenters. The molecule has 2 heterocycles. The van der Waals surface area contributed by atoms with E-state index in [9.17, 15) is 18.0 Å². The lowest BCUT2D eigenvalue weighted by molar-refractivity contribution is -0.150. The summed E-state index contributed by atoms with van der Waals surface area (Å²) in [6, 6.07) is 15.0. The highest BCUT2D eigenvalue weighted by Gasteiger charge is 2.34. The molecule has 1 atom stereocenters. The van der Waals surface area contributed by atoms with Gasteiger partial charge in [-0.3, -0.25) is 9.59 Å². The Labute approximate surface area is 213 Å². The molecule has 1 saturated heterocycles. The van der Waals surface area contributed by atoms with Gasteiger partial charge in [-0.2, -0.15) is 0 Å². The molecule has 35 heavy (non-hydrogen) atoms. The van der Waals surface area contributed by atoms with Gasteiger partial charge in [-0.15, -0.1) is 0 Å². The van der Waals surface area contributed by atoms with Gasteiger partial charge in [-0.1, -0.05) is 53.7 Å². The number of carbonyl (C=O) groups excluding carboxylic acids is 2. The molecule has 2 aromatic carbocycles. The van der Waals surface area contributed by atoms with E-state index in [1.165, 1.54) is 16.7 Å². The molecule has 0 N–H and O–H groups in total. The Morgan fingerprint density at radius 3 is 2.69 bits per heavy atom.